The van der Waals surface area contributed by atoms with Crippen LogP contribution in [0.25, 0.3) is 0 Å². The van der Waals surface area contributed by atoms with E-state index in [9.17, 15) is 14.0 Å². The average Bonchev–Trinajstić information content (AvgIpc) is 2.42. The Morgan fingerprint density at radius 3 is 2.24 bits per heavy atom. The number of carbonyl (C=O) groups excluding carboxylic acids is 2. The molecule has 0 radical (unpaired) electrons. The minimum Gasteiger partial charge on any atom is -0.326 e. The molecular formula is C16H15FN2O2. The topological polar surface area (TPSA) is 58.2 Å². The van der Waals surface area contributed by atoms with E-state index in [-0.39, 0.29) is 11.6 Å². The second kappa shape index (κ2) is 6.17. The molecule has 0 atom stereocenters. The number of halogens is 1. The van der Waals surface area contributed by atoms with Gasteiger partial charge in [-0.1, -0.05) is 6.07 Å². The molecule has 4 nitrogen and oxygen atoms in total. The first-order chi connectivity index (χ1) is 9.95. The van der Waals surface area contributed by atoms with Crippen molar-refractivity contribution >= 4 is 23.2 Å². The molecule has 0 aliphatic carbocycles. The Morgan fingerprint density at radius 2 is 1.67 bits per heavy atom. The van der Waals surface area contributed by atoms with Crippen molar-refractivity contribution in [3.63, 3.8) is 0 Å². The highest BCUT2D eigenvalue weighted by Gasteiger charge is 2.09. The second-order valence-corrected chi connectivity index (χ2v) is 4.70. The van der Waals surface area contributed by atoms with Crippen molar-refractivity contribution < 1.29 is 14.0 Å². The Kier molecular flexibility index (Phi) is 4.33. The molecule has 0 fully saturated rings. The Labute approximate surface area is 122 Å². The highest BCUT2D eigenvalue weighted by Crippen LogP contribution is 2.17. The van der Waals surface area contributed by atoms with Gasteiger partial charge in [-0.2, -0.15) is 0 Å². The molecule has 0 bridgehead atoms. The van der Waals surface area contributed by atoms with Crippen LogP contribution in [0.15, 0.2) is 42.5 Å². The number of amides is 2. The van der Waals surface area contributed by atoms with Crippen molar-refractivity contribution in [3.05, 3.63) is 59.4 Å². The predicted octanol–water partition coefficient (Wildman–Crippen LogP) is 3.34. The lowest BCUT2D eigenvalue weighted by atomic mass is 10.1. The van der Waals surface area contributed by atoms with E-state index in [0.717, 1.165) is 5.56 Å². The predicted molar refractivity (Wildman–Crippen MR) is 79.8 cm³/mol. The van der Waals surface area contributed by atoms with Gasteiger partial charge in [0, 0.05) is 18.2 Å². The number of nitrogens with one attached hydrogen (secondary N) is 2. The van der Waals surface area contributed by atoms with Crippen LogP contribution in [-0.2, 0) is 4.79 Å². The van der Waals surface area contributed by atoms with Crippen LogP contribution in [0, 0.1) is 12.7 Å². The van der Waals surface area contributed by atoms with Crippen molar-refractivity contribution in [2.24, 2.45) is 0 Å². The van der Waals surface area contributed by atoms with Crippen molar-refractivity contribution in [2.75, 3.05) is 10.6 Å². The third kappa shape index (κ3) is 3.89. The number of benzene rings is 2. The zero-order valence-electron chi connectivity index (χ0n) is 11.7. The van der Waals surface area contributed by atoms with E-state index in [0.29, 0.717) is 11.3 Å². The highest BCUT2D eigenvalue weighted by atomic mass is 19.1. The maximum atomic E-state index is 13.7. The molecule has 2 N–H and O–H groups in total. The fraction of sp³-hybridized carbons (Fsp3) is 0.125. The smallest absolute Gasteiger partial charge is 0.255 e. The van der Waals surface area contributed by atoms with Gasteiger partial charge < -0.3 is 10.6 Å². The summed E-state index contributed by atoms with van der Waals surface area (Å²) in [6.07, 6.45) is 0. The largest absolute Gasteiger partial charge is 0.326 e. The van der Waals surface area contributed by atoms with E-state index in [4.69, 9.17) is 0 Å². The van der Waals surface area contributed by atoms with Gasteiger partial charge in [-0.3, -0.25) is 9.59 Å². The van der Waals surface area contributed by atoms with Gasteiger partial charge in [0.15, 0.2) is 0 Å². The number of carbonyl (C=O) groups is 2. The third-order valence-electron chi connectivity index (χ3n) is 2.84. The van der Waals surface area contributed by atoms with Crippen LogP contribution in [0.4, 0.5) is 15.8 Å². The highest BCUT2D eigenvalue weighted by molar-refractivity contribution is 6.04. The Balaban J connectivity index is 2.11. The van der Waals surface area contributed by atoms with Gasteiger partial charge in [-0.05, 0) is 48.9 Å². The van der Waals surface area contributed by atoms with Crippen molar-refractivity contribution in [2.45, 2.75) is 13.8 Å². The molecule has 2 rings (SSSR count). The van der Waals surface area contributed by atoms with E-state index in [1.54, 1.807) is 37.3 Å². The molecule has 0 saturated carbocycles. The first kappa shape index (κ1) is 14.7. The van der Waals surface area contributed by atoms with Gasteiger partial charge in [0.1, 0.15) is 5.82 Å². The zero-order chi connectivity index (χ0) is 15.4. The standard InChI is InChI=1S/C16H15FN2O2/c1-10-3-8-15(14(17)9-10)19-16(21)12-4-6-13(7-5-12)18-11(2)20/h3-9H,1-2H3,(H,18,20)(H,19,21). The normalized spacial score (nSPS) is 10.0. The number of aryl methyl sites for hydroxylation is 1. The lowest BCUT2D eigenvalue weighted by molar-refractivity contribution is -0.114. The SMILES string of the molecule is CC(=O)Nc1ccc(C(=O)Nc2ccc(C)cc2F)cc1. The molecule has 2 amide bonds. The fourth-order valence-corrected chi connectivity index (χ4v) is 1.82. The van der Waals surface area contributed by atoms with E-state index >= 15 is 0 Å². The molecule has 0 saturated heterocycles. The molecule has 0 aliphatic heterocycles. The summed E-state index contributed by atoms with van der Waals surface area (Å²) in [6, 6.07) is 10.9. The number of hydrogen-bond acceptors (Lipinski definition) is 2. The fourth-order valence-electron chi connectivity index (χ4n) is 1.82. The Hall–Kier alpha value is -2.69. The summed E-state index contributed by atoms with van der Waals surface area (Å²) in [5.41, 5.74) is 1.89. The van der Waals surface area contributed by atoms with Crippen LogP contribution in [-0.4, -0.2) is 11.8 Å². The van der Waals surface area contributed by atoms with Crippen molar-refractivity contribution in [3.8, 4) is 0 Å². The molecule has 0 unspecified atom stereocenters. The third-order valence-corrected chi connectivity index (χ3v) is 2.84. The molecule has 2 aromatic carbocycles. The van der Waals surface area contributed by atoms with Gasteiger partial charge in [0.05, 0.1) is 5.69 Å². The summed E-state index contributed by atoms with van der Waals surface area (Å²) in [5.74, 6) is -1.07. The van der Waals surface area contributed by atoms with Crippen molar-refractivity contribution in [1.82, 2.24) is 0 Å². The quantitative estimate of drug-likeness (QED) is 0.909. The van der Waals surface area contributed by atoms with E-state index in [2.05, 4.69) is 10.6 Å². The van der Waals surface area contributed by atoms with Crippen LogP contribution in [0.5, 0.6) is 0 Å². The summed E-state index contributed by atoms with van der Waals surface area (Å²) in [4.78, 5) is 22.9. The van der Waals surface area contributed by atoms with Crippen molar-refractivity contribution in [1.29, 1.82) is 0 Å². The molecule has 2 aromatic rings. The summed E-state index contributed by atoms with van der Waals surface area (Å²) in [7, 11) is 0. The molecule has 0 aromatic heterocycles. The van der Waals surface area contributed by atoms with E-state index in [1.807, 2.05) is 0 Å². The van der Waals surface area contributed by atoms with Gasteiger partial charge in [0.2, 0.25) is 5.91 Å². The van der Waals surface area contributed by atoms with Gasteiger partial charge in [-0.25, -0.2) is 4.39 Å². The van der Waals surface area contributed by atoms with Crippen LogP contribution in [0.3, 0.4) is 0 Å². The maximum absolute atomic E-state index is 13.7. The summed E-state index contributed by atoms with van der Waals surface area (Å²) in [5, 5.41) is 5.12. The summed E-state index contributed by atoms with van der Waals surface area (Å²) >= 11 is 0. The van der Waals surface area contributed by atoms with Crippen LogP contribution < -0.4 is 10.6 Å². The molecule has 0 heterocycles. The van der Waals surface area contributed by atoms with E-state index in [1.165, 1.54) is 19.1 Å². The number of hydrogen-bond donors (Lipinski definition) is 2. The monoisotopic (exact) mass is 286 g/mol. The lowest BCUT2D eigenvalue weighted by Crippen LogP contribution is -2.13. The molecule has 108 valence electrons. The minimum absolute atomic E-state index is 0.136. The molecule has 5 heteroatoms. The summed E-state index contributed by atoms with van der Waals surface area (Å²) < 4.78 is 13.7. The average molecular weight is 286 g/mol. The van der Waals surface area contributed by atoms with Crippen LogP contribution in [0.2, 0.25) is 0 Å². The van der Waals surface area contributed by atoms with Gasteiger partial charge in [-0.15, -0.1) is 0 Å². The second-order valence-electron chi connectivity index (χ2n) is 4.70. The molecule has 0 spiro atoms. The number of anilines is 2. The van der Waals surface area contributed by atoms with E-state index < -0.39 is 11.7 Å². The maximum Gasteiger partial charge on any atom is 0.255 e. The first-order valence-corrected chi connectivity index (χ1v) is 6.41. The van der Waals surface area contributed by atoms with Gasteiger partial charge in [0.25, 0.3) is 5.91 Å². The first-order valence-electron chi connectivity index (χ1n) is 6.41. The number of rotatable bonds is 3. The minimum atomic E-state index is -0.474. The molecule has 21 heavy (non-hydrogen) atoms. The van der Waals surface area contributed by atoms with Gasteiger partial charge >= 0.3 is 0 Å². The Morgan fingerprint density at radius 1 is 1.00 bits per heavy atom. The lowest BCUT2D eigenvalue weighted by Gasteiger charge is -2.08. The van der Waals surface area contributed by atoms with Crippen LogP contribution in [0.1, 0.15) is 22.8 Å². The molecular weight excluding hydrogens is 271 g/mol. The zero-order valence-corrected chi connectivity index (χ0v) is 11.7. The van der Waals surface area contributed by atoms with Crippen LogP contribution >= 0.6 is 0 Å². The summed E-state index contributed by atoms with van der Waals surface area (Å²) in [6.45, 7) is 3.18. The Bertz CT molecular complexity index is 681. The molecule has 0 aliphatic rings.